The van der Waals surface area contributed by atoms with E-state index in [0.717, 1.165) is 0 Å². The van der Waals surface area contributed by atoms with Gasteiger partial charge in [-0.2, -0.15) is 0 Å². The van der Waals surface area contributed by atoms with Crippen LogP contribution in [0.2, 0.25) is 5.02 Å². The quantitative estimate of drug-likeness (QED) is 0.578. The topological polar surface area (TPSA) is 26.3 Å². The molecule has 0 saturated heterocycles. The molecule has 0 bridgehead atoms. The molecule has 0 spiro atoms. The molecule has 76 valence electrons. The lowest BCUT2D eigenvalue weighted by Gasteiger charge is -2.22. The van der Waals surface area contributed by atoms with Gasteiger partial charge in [0.2, 0.25) is 5.06 Å². The average Bonchev–Trinajstić information content (AvgIpc) is 2.02. The van der Waals surface area contributed by atoms with E-state index in [9.17, 15) is 4.79 Å². The zero-order valence-electron chi connectivity index (χ0n) is 7.88. The van der Waals surface area contributed by atoms with E-state index in [4.69, 9.17) is 27.9 Å². The number of benzene rings is 1. The Balaban J connectivity index is 2.91. The lowest BCUT2D eigenvalue weighted by Crippen LogP contribution is -2.21. The van der Waals surface area contributed by atoms with Crippen LogP contribution < -0.4 is 0 Å². The second kappa shape index (κ2) is 4.20. The highest BCUT2D eigenvalue weighted by Crippen LogP contribution is 2.30. The van der Waals surface area contributed by atoms with Gasteiger partial charge >= 0.3 is 5.97 Å². The maximum atomic E-state index is 10.8. The number of rotatable bonds is 2. The Morgan fingerprint density at radius 3 is 2.29 bits per heavy atom. The minimum atomic E-state index is -1.13. The molecule has 0 unspecified atom stereocenters. The summed E-state index contributed by atoms with van der Waals surface area (Å²) in [5, 5.41) is -0.514. The third-order valence-electron chi connectivity index (χ3n) is 1.70. The standard InChI is InChI=1S/C10H10Cl2O2/c1-7(13)14-10(2,12)8-3-5-9(11)6-4-8/h3-6H,1-2H3/t10-/m0/s1. The molecule has 0 N–H and O–H groups in total. The third kappa shape index (κ3) is 2.89. The molecular formula is C10H10Cl2O2. The molecule has 0 aromatic heterocycles. The molecular weight excluding hydrogens is 223 g/mol. The van der Waals surface area contributed by atoms with E-state index in [1.807, 2.05) is 0 Å². The maximum Gasteiger partial charge on any atom is 0.304 e. The van der Waals surface area contributed by atoms with Crippen molar-refractivity contribution in [2.75, 3.05) is 0 Å². The summed E-state index contributed by atoms with van der Waals surface area (Å²) in [5.74, 6) is -0.419. The molecule has 0 amide bonds. The van der Waals surface area contributed by atoms with E-state index in [-0.39, 0.29) is 0 Å². The molecule has 0 aliphatic carbocycles. The fourth-order valence-electron chi connectivity index (χ4n) is 1.08. The molecule has 0 saturated carbocycles. The van der Waals surface area contributed by atoms with Crippen LogP contribution in [0.4, 0.5) is 0 Å². The highest BCUT2D eigenvalue weighted by atomic mass is 35.5. The van der Waals surface area contributed by atoms with Crippen LogP contribution in [-0.2, 0) is 14.6 Å². The van der Waals surface area contributed by atoms with Gasteiger partial charge in [0.15, 0.2) is 0 Å². The van der Waals surface area contributed by atoms with Crippen LogP contribution in [0.5, 0.6) is 0 Å². The minimum Gasteiger partial charge on any atom is -0.439 e. The molecule has 2 nitrogen and oxygen atoms in total. The Kier molecular flexibility index (Phi) is 3.40. The van der Waals surface area contributed by atoms with Crippen molar-refractivity contribution in [3.8, 4) is 0 Å². The second-order valence-corrected chi connectivity index (χ2v) is 4.18. The van der Waals surface area contributed by atoms with Crippen LogP contribution in [0.15, 0.2) is 24.3 Å². The normalized spacial score (nSPS) is 14.6. The Labute approximate surface area is 92.8 Å². The largest absolute Gasteiger partial charge is 0.439 e. The van der Waals surface area contributed by atoms with Crippen LogP contribution in [-0.4, -0.2) is 5.97 Å². The fourth-order valence-corrected chi connectivity index (χ4v) is 1.44. The zero-order valence-corrected chi connectivity index (χ0v) is 9.39. The molecule has 1 atom stereocenters. The van der Waals surface area contributed by atoms with E-state index >= 15 is 0 Å². The molecule has 0 heterocycles. The predicted octanol–water partition coefficient (Wildman–Crippen LogP) is 3.31. The number of alkyl halides is 1. The number of esters is 1. The van der Waals surface area contributed by atoms with Gasteiger partial charge in [0.1, 0.15) is 0 Å². The molecule has 1 aromatic rings. The Morgan fingerprint density at radius 1 is 1.36 bits per heavy atom. The van der Waals surface area contributed by atoms with Crippen molar-refractivity contribution in [1.29, 1.82) is 0 Å². The fraction of sp³-hybridized carbons (Fsp3) is 0.300. The number of halogens is 2. The number of carbonyl (C=O) groups is 1. The molecule has 0 fully saturated rings. The monoisotopic (exact) mass is 232 g/mol. The van der Waals surface area contributed by atoms with Gasteiger partial charge in [-0.3, -0.25) is 4.79 Å². The highest BCUT2D eigenvalue weighted by Gasteiger charge is 2.26. The average molecular weight is 233 g/mol. The Hall–Kier alpha value is -0.730. The summed E-state index contributed by atoms with van der Waals surface area (Å²) in [6.45, 7) is 2.93. The van der Waals surface area contributed by atoms with Crippen LogP contribution in [0.1, 0.15) is 19.4 Å². The van der Waals surface area contributed by atoms with Crippen molar-refractivity contribution in [3.05, 3.63) is 34.9 Å². The van der Waals surface area contributed by atoms with Crippen molar-refractivity contribution in [3.63, 3.8) is 0 Å². The van der Waals surface area contributed by atoms with E-state index in [1.165, 1.54) is 6.92 Å². The number of ether oxygens (including phenoxy) is 1. The van der Waals surface area contributed by atoms with Gasteiger partial charge in [0.05, 0.1) is 0 Å². The van der Waals surface area contributed by atoms with Crippen molar-refractivity contribution in [2.45, 2.75) is 18.9 Å². The van der Waals surface area contributed by atoms with Crippen LogP contribution in [0.3, 0.4) is 0 Å². The van der Waals surface area contributed by atoms with E-state index in [2.05, 4.69) is 0 Å². The number of hydrogen-bond acceptors (Lipinski definition) is 2. The van der Waals surface area contributed by atoms with Crippen LogP contribution in [0, 0.1) is 0 Å². The summed E-state index contributed by atoms with van der Waals surface area (Å²) in [4.78, 5) is 10.8. The molecule has 0 radical (unpaired) electrons. The van der Waals surface area contributed by atoms with Gasteiger partial charge < -0.3 is 4.74 Å². The summed E-state index contributed by atoms with van der Waals surface area (Å²) in [6.07, 6.45) is 0. The van der Waals surface area contributed by atoms with Gasteiger partial charge in [-0.25, -0.2) is 0 Å². The zero-order chi connectivity index (χ0) is 10.8. The first-order valence-electron chi connectivity index (χ1n) is 4.06. The van der Waals surface area contributed by atoms with E-state index < -0.39 is 11.0 Å². The molecule has 1 aromatic carbocycles. The van der Waals surface area contributed by atoms with Gasteiger partial charge in [-0.05, 0) is 19.1 Å². The molecule has 4 heteroatoms. The lowest BCUT2D eigenvalue weighted by atomic mass is 10.1. The first kappa shape index (κ1) is 11.3. The molecule has 0 aliphatic rings. The summed E-state index contributed by atoms with van der Waals surface area (Å²) < 4.78 is 4.95. The Morgan fingerprint density at radius 2 is 1.86 bits per heavy atom. The second-order valence-electron chi connectivity index (χ2n) is 3.02. The minimum absolute atomic E-state index is 0.419. The molecule has 14 heavy (non-hydrogen) atoms. The molecule has 1 rings (SSSR count). The summed E-state index contributed by atoms with van der Waals surface area (Å²) in [6, 6.07) is 6.83. The van der Waals surface area contributed by atoms with Crippen molar-refractivity contribution < 1.29 is 9.53 Å². The lowest BCUT2D eigenvalue weighted by molar-refractivity contribution is -0.148. The first-order valence-corrected chi connectivity index (χ1v) is 4.82. The summed E-state index contributed by atoms with van der Waals surface area (Å²) in [5.41, 5.74) is 0.693. The van der Waals surface area contributed by atoms with Crippen molar-refractivity contribution >= 4 is 29.2 Å². The van der Waals surface area contributed by atoms with Crippen molar-refractivity contribution in [1.82, 2.24) is 0 Å². The van der Waals surface area contributed by atoms with Gasteiger partial charge in [-0.15, -0.1) is 0 Å². The van der Waals surface area contributed by atoms with Crippen molar-refractivity contribution in [2.24, 2.45) is 0 Å². The van der Waals surface area contributed by atoms with E-state index in [1.54, 1.807) is 31.2 Å². The maximum absolute atomic E-state index is 10.8. The van der Waals surface area contributed by atoms with Crippen LogP contribution >= 0.6 is 23.2 Å². The van der Waals surface area contributed by atoms with Gasteiger partial charge in [0, 0.05) is 17.5 Å². The first-order chi connectivity index (χ1) is 6.42. The third-order valence-corrected chi connectivity index (χ3v) is 2.24. The van der Waals surface area contributed by atoms with Crippen LogP contribution in [0.25, 0.3) is 0 Å². The van der Waals surface area contributed by atoms with Gasteiger partial charge in [0.25, 0.3) is 0 Å². The predicted molar refractivity (Wildman–Crippen MR) is 56.4 cm³/mol. The molecule has 0 aliphatic heterocycles. The summed E-state index contributed by atoms with van der Waals surface area (Å²) >= 11 is 11.7. The Bertz CT molecular complexity index is 330. The SMILES string of the molecule is CC(=O)O[C@](C)(Cl)c1ccc(Cl)cc1. The highest BCUT2D eigenvalue weighted by molar-refractivity contribution is 6.30. The summed E-state index contributed by atoms with van der Waals surface area (Å²) in [7, 11) is 0. The van der Waals surface area contributed by atoms with Gasteiger partial charge in [-0.1, -0.05) is 35.3 Å². The smallest absolute Gasteiger partial charge is 0.304 e. The number of hydrogen-bond donors (Lipinski definition) is 0. The van der Waals surface area contributed by atoms with E-state index in [0.29, 0.717) is 10.6 Å². The number of carbonyl (C=O) groups excluding carboxylic acids is 1.